The predicted octanol–water partition coefficient (Wildman–Crippen LogP) is 0.645. The predicted molar refractivity (Wildman–Crippen MR) is 47.0 cm³/mol. The van der Waals surface area contributed by atoms with Gasteiger partial charge in [0.1, 0.15) is 7.16 Å². The molecular formula is C9H13NO2. The Morgan fingerprint density at radius 2 is 2.92 bits per heavy atom. The van der Waals surface area contributed by atoms with Crippen LogP contribution in [0.5, 0.6) is 5.75 Å². The van der Waals surface area contributed by atoms with Crippen molar-refractivity contribution in [1.82, 2.24) is 5.31 Å². The van der Waals surface area contributed by atoms with Crippen molar-refractivity contribution >= 4 is 0 Å². The van der Waals surface area contributed by atoms with E-state index >= 15 is 0 Å². The normalized spacial score (nSPS) is 24.9. The average Bonchev–Trinajstić information content (AvgIpc) is 2.37. The van der Waals surface area contributed by atoms with Gasteiger partial charge in [-0.3, -0.25) is 0 Å². The van der Waals surface area contributed by atoms with E-state index in [-0.39, 0.29) is 16.6 Å². The van der Waals surface area contributed by atoms with E-state index < -0.39 is 19.6 Å². The van der Waals surface area contributed by atoms with Gasteiger partial charge in [0.25, 0.3) is 1.43 Å². The van der Waals surface area contributed by atoms with Gasteiger partial charge in [0.15, 0.2) is 0 Å². The topological polar surface area (TPSA) is 52.5 Å². The molecule has 0 bridgehead atoms. The maximum atomic E-state index is 7.95. The lowest BCUT2D eigenvalue weighted by atomic mass is 10.1. The number of phenols is 1. The molecule has 12 heavy (non-hydrogen) atoms. The minimum absolute atomic E-state index is 0.119. The second-order valence-corrected chi connectivity index (χ2v) is 2.27. The summed E-state index contributed by atoms with van der Waals surface area (Å²) in [5.74, 6) is 0.122. The average molecular weight is 174 g/mol. The molecule has 0 radical (unpaired) electrons. The fourth-order valence-corrected chi connectivity index (χ4v) is 0.833. The van der Waals surface area contributed by atoms with Crippen molar-refractivity contribution in [3.05, 3.63) is 29.8 Å². The van der Waals surface area contributed by atoms with Gasteiger partial charge in [-0.15, -0.1) is 0 Å². The first-order chi connectivity index (χ1) is 8.73. The molecule has 0 aliphatic carbocycles. The van der Waals surface area contributed by atoms with Crippen LogP contribution in [0.4, 0.5) is 0 Å². The molecule has 0 saturated carbocycles. The maximum Gasteiger partial charge on any atom is 0.293 e. The Morgan fingerprint density at radius 3 is 3.67 bits per heavy atom. The van der Waals surface area contributed by atoms with E-state index in [1.165, 1.54) is 24.3 Å². The highest BCUT2D eigenvalue weighted by Crippen LogP contribution is 2.17. The molecule has 66 valence electrons. The zero-order chi connectivity index (χ0) is 14.7. The minimum Gasteiger partial charge on any atom is -0.508 e. The molecule has 1 aromatic carbocycles. The fourth-order valence-electron chi connectivity index (χ4n) is 0.833. The first-order valence-corrected chi connectivity index (χ1v) is 3.37. The van der Waals surface area contributed by atoms with Gasteiger partial charge in [0.2, 0.25) is 1.43 Å². The Kier molecular flexibility index (Phi) is 1.14. The smallest absolute Gasteiger partial charge is 0.293 e. The second-order valence-electron chi connectivity index (χ2n) is 2.27. The second kappa shape index (κ2) is 4.09. The SMILES string of the molecule is [2H]Oc1cccc([C@]([2H])(CN([2H])C([2H])([2H])[2H])O[2H])c1. The first kappa shape index (κ1) is 3.36. The Morgan fingerprint density at radius 1 is 1.92 bits per heavy atom. The number of phenolic OH excluding ortho intramolecular Hbond substituents is 1. The number of nitrogens with one attached hydrogen (secondary N) is 1. The van der Waals surface area contributed by atoms with Crippen LogP contribution in [0.25, 0.3) is 0 Å². The number of aromatic hydroxyl groups is 1. The van der Waals surface area contributed by atoms with Crippen molar-refractivity contribution < 1.29 is 17.1 Å². The van der Waals surface area contributed by atoms with Crippen LogP contribution in [0.1, 0.15) is 17.1 Å². The number of aliphatic hydroxyl groups is 1. The van der Waals surface area contributed by atoms with Crippen LogP contribution in [0, 0.1) is 0 Å². The lowest BCUT2D eigenvalue weighted by molar-refractivity contribution is 0.177. The van der Waals surface area contributed by atoms with E-state index in [2.05, 4.69) is 10.2 Å². The summed E-state index contributed by atoms with van der Waals surface area (Å²) in [5.41, 5.74) is 0.119. The molecule has 0 unspecified atom stereocenters. The summed E-state index contributed by atoms with van der Waals surface area (Å²) in [7, 11) is 0. The summed E-state index contributed by atoms with van der Waals surface area (Å²) in [6.45, 7) is -3.37. The molecule has 0 amide bonds. The zero-order valence-corrected chi connectivity index (χ0v) is 6.28. The zero-order valence-electron chi connectivity index (χ0n) is 13.3. The Labute approximate surface area is 81.7 Å². The molecule has 0 fully saturated rings. The number of hydrogen-bond acceptors (Lipinski definition) is 3. The van der Waals surface area contributed by atoms with E-state index in [0.717, 1.165) is 0 Å². The Balaban J connectivity index is 3.02. The van der Waals surface area contributed by atoms with Crippen LogP contribution in [-0.4, -0.2) is 26.6 Å². The maximum absolute atomic E-state index is 7.95. The van der Waals surface area contributed by atoms with Crippen LogP contribution >= 0.6 is 0 Å². The molecule has 3 heteroatoms. The van der Waals surface area contributed by atoms with Gasteiger partial charge < -0.3 is 15.5 Å². The highest BCUT2D eigenvalue weighted by Gasteiger charge is 2.05. The molecule has 3 nitrogen and oxygen atoms in total. The quantitative estimate of drug-likeness (QED) is 0.614. The van der Waals surface area contributed by atoms with E-state index in [9.17, 15) is 0 Å². The van der Waals surface area contributed by atoms with Crippen molar-refractivity contribution in [1.29, 1.82) is 2.86 Å². The lowest BCUT2D eigenvalue weighted by Crippen LogP contribution is -2.16. The highest BCUT2D eigenvalue weighted by molar-refractivity contribution is 5.28. The largest absolute Gasteiger partial charge is 0.508 e. The van der Waals surface area contributed by atoms with Crippen molar-refractivity contribution in [3.63, 3.8) is 0 Å². The van der Waals surface area contributed by atoms with E-state index in [1.54, 1.807) is 0 Å². The lowest BCUT2D eigenvalue weighted by Gasteiger charge is -2.09. The van der Waals surface area contributed by atoms with E-state index in [1.807, 2.05) is 0 Å². The van der Waals surface area contributed by atoms with Crippen LogP contribution in [0.15, 0.2) is 24.3 Å². The van der Waals surface area contributed by atoms with Crippen molar-refractivity contribution in [2.24, 2.45) is 0 Å². The Hall–Kier alpha value is -1.06. The van der Waals surface area contributed by atoms with Crippen LogP contribution in [-0.2, 0) is 0 Å². The molecule has 1 rings (SSSR count). The molecule has 1 atom stereocenters. The molecule has 0 saturated heterocycles. The first-order valence-electron chi connectivity index (χ1n) is 6.64. The van der Waals surface area contributed by atoms with E-state index in [0.29, 0.717) is 0 Å². The molecule has 3 N–H and O–H groups in total. The van der Waals surface area contributed by atoms with Gasteiger partial charge in [0, 0.05) is 10.7 Å². The van der Waals surface area contributed by atoms with E-state index in [4.69, 9.17) is 9.76 Å². The molecule has 0 spiro atoms. The molecule has 0 aliphatic heterocycles. The number of benzene rings is 1. The Bertz CT molecular complexity index is 427. The standard InChI is InChI=1S/C9H13NO2/c1-10-6-9(12)7-3-2-4-8(11)5-7/h2-5,9-12H,6H2,1H3/t9-/m0/s1/i1D3,9D,12D/hD2. The van der Waals surface area contributed by atoms with Crippen molar-refractivity contribution in [3.8, 4) is 5.75 Å². The summed E-state index contributed by atoms with van der Waals surface area (Å²) >= 11 is 0. The van der Waals surface area contributed by atoms with Gasteiger partial charge >= 0.3 is 0 Å². The summed E-state index contributed by atoms with van der Waals surface area (Å²) in [6, 6.07) is 5.65. The van der Waals surface area contributed by atoms with Crippen LogP contribution < -0.4 is 5.31 Å². The van der Waals surface area contributed by atoms with Crippen molar-refractivity contribution in [2.45, 2.75) is 6.08 Å². The van der Waals surface area contributed by atoms with Gasteiger partial charge in [-0.1, -0.05) is 12.1 Å². The van der Waals surface area contributed by atoms with Crippen LogP contribution in [0.2, 0.25) is 1.41 Å². The number of hydrogen-bond donors (Lipinski definition) is 3. The summed E-state index contributed by atoms with van der Waals surface area (Å²) in [5, 5.41) is 8.72. The summed E-state index contributed by atoms with van der Waals surface area (Å²) < 4.78 is 50.2. The van der Waals surface area contributed by atoms with Gasteiger partial charge in [-0.2, -0.15) is 0 Å². The van der Waals surface area contributed by atoms with Gasteiger partial charge in [-0.25, -0.2) is 0 Å². The third-order valence-corrected chi connectivity index (χ3v) is 1.38. The summed E-state index contributed by atoms with van der Waals surface area (Å²) in [4.78, 5) is 0. The molecule has 0 aliphatic rings. The minimum atomic E-state index is -2.71. The fraction of sp³-hybridized carbons (Fsp3) is 0.333. The van der Waals surface area contributed by atoms with Gasteiger partial charge in [-0.05, 0) is 24.7 Å². The molecular weight excluding hydrogens is 154 g/mol. The molecule has 1 aromatic rings. The number of rotatable bonds is 5. The van der Waals surface area contributed by atoms with Crippen LogP contribution in [0.3, 0.4) is 0 Å². The van der Waals surface area contributed by atoms with Crippen molar-refractivity contribution in [2.75, 3.05) is 13.5 Å². The number of likely N-dealkylation sites (N-methyl/N-ethyl adjacent to an activating group) is 1. The monoisotopic (exact) mass is 174 g/mol. The summed E-state index contributed by atoms with van der Waals surface area (Å²) in [6.07, 6.45) is -2.06. The molecule has 0 heterocycles. The third-order valence-electron chi connectivity index (χ3n) is 1.38. The molecule has 0 aromatic heterocycles. The third kappa shape index (κ3) is 2.22. The van der Waals surface area contributed by atoms with Gasteiger partial charge in [0.05, 0.1) is 7.45 Å². The highest BCUT2D eigenvalue weighted by atomic mass is 16.3.